The van der Waals surface area contributed by atoms with Gasteiger partial charge in [-0.15, -0.1) is 11.8 Å². The average molecular weight is 253 g/mol. The number of hydrogen-bond donors (Lipinski definition) is 2. The molecule has 1 aromatic carbocycles. The number of hydrogen-bond acceptors (Lipinski definition) is 4. The molecule has 0 spiro atoms. The molecule has 0 unspecified atom stereocenters. The van der Waals surface area contributed by atoms with Gasteiger partial charge in [0.25, 0.3) is 0 Å². The molecule has 0 radical (unpaired) electrons. The monoisotopic (exact) mass is 253 g/mol. The van der Waals surface area contributed by atoms with Gasteiger partial charge in [0, 0.05) is 17.1 Å². The van der Waals surface area contributed by atoms with Crippen LogP contribution in [0.1, 0.15) is 6.42 Å². The van der Waals surface area contributed by atoms with Crippen molar-refractivity contribution in [2.75, 3.05) is 18.0 Å². The van der Waals surface area contributed by atoms with Gasteiger partial charge in [-0.05, 0) is 18.2 Å². The fourth-order valence-electron chi connectivity index (χ4n) is 1.13. The summed E-state index contributed by atoms with van der Waals surface area (Å²) in [5.74, 6) is -0.431. The maximum Gasteiger partial charge on any atom is 0.230 e. The third-order valence-electron chi connectivity index (χ3n) is 1.82. The molecule has 0 atom stereocenters. The molecule has 6 heteroatoms. The summed E-state index contributed by atoms with van der Waals surface area (Å²) in [6.45, 7) is 0.335. The van der Waals surface area contributed by atoms with Gasteiger partial charge >= 0.3 is 0 Å². The van der Waals surface area contributed by atoms with E-state index in [2.05, 4.69) is 5.32 Å². The number of benzene rings is 1. The van der Waals surface area contributed by atoms with Crippen molar-refractivity contribution in [3.8, 4) is 6.07 Å². The molecule has 1 amide bonds. The van der Waals surface area contributed by atoms with Gasteiger partial charge in [0.05, 0.1) is 18.2 Å². The molecule has 0 aromatic heterocycles. The third kappa shape index (κ3) is 5.22. The van der Waals surface area contributed by atoms with Gasteiger partial charge in [-0.1, -0.05) is 0 Å². The highest BCUT2D eigenvalue weighted by Gasteiger charge is 2.04. The molecule has 0 aliphatic heterocycles. The molecule has 0 aliphatic rings. The molecule has 1 rings (SSSR count). The van der Waals surface area contributed by atoms with E-state index in [0.717, 1.165) is 0 Å². The number of thioether (sulfide) groups is 1. The van der Waals surface area contributed by atoms with Crippen molar-refractivity contribution in [1.82, 2.24) is 5.32 Å². The number of halogens is 1. The molecule has 0 fully saturated rings. The van der Waals surface area contributed by atoms with E-state index in [1.54, 1.807) is 6.07 Å². The van der Waals surface area contributed by atoms with Crippen LogP contribution in [0.3, 0.4) is 0 Å². The molecule has 1 aromatic rings. The predicted octanol–water partition coefficient (Wildman–Crippen LogP) is 1.53. The minimum absolute atomic E-state index is 0.175. The number of nitrogens with zero attached hydrogens (tertiary/aromatic N) is 1. The smallest absolute Gasteiger partial charge is 0.230 e. The first-order valence-corrected chi connectivity index (χ1v) is 5.93. The number of rotatable bonds is 5. The maximum atomic E-state index is 13.0. The van der Waals surface area contributed by atoms with Crippen molar-refractivity contribution in [3.05, 3.63) is 24.0 Å². The Hall–Kier alpha value is -1.74. The van der Waals surface area contributed by atoms with Gasteiger partial charge < -0.3 is 11.1 Å². The van der Waals surface area contributed by atoms with Gasteiger partial charge in [-0.2, -0.15) is 5.26 Å². The maximum absolute atomic E-state index is 13.0. The van der Waals surface area contributed by atoms with E-state index < -0.39 is 5.82 Å². The van der Waals surface area contributed by atoms with Gasteiger partial charge in [0.2, 0.25) is 5.91 Å². The van der Waals surface area contributed by atoms with Crippen molar-refractivity contribution < 1.29 is 9.18 Å². The van der Waals surface area contributed by atoms with E-state index in [-0.39, 0.29) is 18.1 Å². The fourth-order valence-corrected chi connectivity index (χ4v) is 1.94. The topological polar surface area (TPSA) is 78.9 Å². The molecular weight excluding hydrogens is 241 g/mol. The zero-order chi connectivity index (χ0) is 12.7. The molecule has 0 heterocycles. The highest BCUT2D eigenvalue weighted by molar-refractivity contribution is 8.00. The summed E-state index contributed by atoms with van der Waals surface area (Å²) < 4.78 is 13.0. The summed E-state index contributed by atoms with van der Waals surface area (Å²) in [5.41, 5.74) is 5.81. The Morgan fingerprint density at radius 1 is 1.53 bits per heavy atom. The number of nitriles is 1. The minimum atomic E-state index is -0.419. The first kappa shape index (κ1) is 13.3. The quantitative estimate of drug-likeness (QED) is 0.474. The lowest BCUT2D eigenvalue weighted by Gasteiger charge is -2.04. The van der Waals surface area contributed by atoms with Crippen LogP contribution in [0.4, 0.5) is 10.1 Å². The Morgan fingerprint density at radius 2 is 2.29 bits per heavy atom. The van der Waals surface area contributed by atoms with Crippen LogP contribution in [0.5, 0.6) is 0 Å². The number of nitrogen functional groups attached to an aromatic ring is 1. The number of anilines is 1. The zero-order valence-corrected chi connectivity index (χ0v) is 9.89. The van der Waals surface area contributed by atoms with Crippen molar-refractivity contribution in [1.29, 1.82) is 5.26 Å². The Kier molecular flexibility index (Phi) is 5.30. The molecule has 0 aliphatic carbocycles. The Morgan fingerprint density at radius 3 is 2.94 bits per heavy atom. The first-order valence-electron chi connectivity index (χ1n) is 4.94. The molecule has 4 nitrogen and oxygen atoms in total. The summed E-state index contributed by atoms with van der Waals surface area (Å²) in [6, 6.07) is 6.07. The van der Waals surface area contributed by atoms with Crippen molar-refractivity contribution >= 4 is 23.4 Å². The van der Waals surface area contributed by atoms with Crippen molar-refractivity contribution in [2.45, 2.75) is 11.3 Å². The molecule has 3 N–H and O–H groups in total. The summed E-state index contributed by atoms with van der Waals surface area (Å²) in [5, 5.41) is 10.9. The lowest BCUT2D eigenvalue weighted by Crippen LogP contribution is -2.25. The van der Waals surface area contributed by atoms with E-state index >= 15 is 0 Å². The van der Waals surface area contributed by atoms with E-state index in [1.165, 1.54) is 23.9 Å². The fraction of sp³-hybridized carbons (Fsp3) is 0.273. The molecule has 17 heavy (non-hydrogen) atoms. The first-order chi connectivity index (χ1) is 8.11. The number of nitrogens with one attached hydrogen (secondary N) is 1. The zero-order valence-electron chi connectivity index (χ0n) is 9.07. The van der Waals surface area contributed by atoms with Gasteiger partial charge in [-0.3, -0.25) is 4.79 Å². The second-order valence-electron chi connectivity index (χ2n) is 3.27. The predicted molar refractivity (Wildman–Crippen MR) is 64.8 cm³/mol. The van der Waals surface area contributed by atoms with E-state index in [0.29, 0.717) is 17.1 Å². The number of nitrogens with two attached hydrogens (primary N) is 1. The summed E-state index contributed by atoms with van der Waals surface area (Å²) in [4.78, 5) is 11.9. The van der Waals surface area contributed by atoms with Crippen LogP contribution in [0.15, 0.2) is 23.1 Å². The summed E-state index contributed by atoms with van der Waals surface area (Å²) >= 11 is 1.20. The number of carbonyl (C=O) groups is 1. The third-order valence-corrected chi connectivity index (χ3v) is 2.80. The van der Waals surface area contributed by atoms with Crippen LogP contribution in [0.25, 0.3) is 0 Å². The lowest BCUT2D eigenvalue weighted by atomic mass is 10.3. The SMILES string of the molecule is N#CCCNC(=O)CSc1cc(N)cc(F)c1. The van der Waals surface area contributed by atoms with Crippen LogP contribution >= 0.6 is 11.8 Å². The Balaban J connectivity index is 2.39. The Labute approximate surface area is 103 Å². The van der Waals surface area contributed by atoms with Crippen LogP contribution in [-0.4, -0.2) is 18.2 Å². The normalized spacial score (nSPS) is 9.65. The van der Waals surface area contributed by atoms with E-state index in [4.69, 9.17) is 11.0 Å². The molecule has 0 saturated carbocycles. The standard InChI is InChI=1S/C11H12FN3OS/c12-8-4-9(14)6-10(5-8)17-7-11(16)15-3-1-2-13/h4-6H,1,3,7,14H2,(H,15,16). The second-order valence-corrected chi connectivity index (χ2v) is 4.32. The summed E-state index contributed by atoms with van der Waals surface area (Å²) in [7, 11) is 0. The molecule has 90 valence electrons. The molecule has 0 saturated heterocycles. The van der Waals surface area contributed by atoms with Gasteiger partial charge in [0.1, 0.15) is 5.82 Å². The minimum Gasteiger partial charge on any atom is -0.399 e. The number of carbonyl (C=O) groups excluding carboxylic acids is 1. The van der Waals surface area contributed by atoms with Crippen molar-refractivity contribution in [2.24, 2.45) is 0 Å². The highest BCUT2D eigenvalue weighted by atomic mass is 32.2. The Bertz CT molecular complexity index is 425. The van der Waals surface area contributed by atoms with Crippen LogP contribution in [-0.2, 0) is 4.79 Å². The average Bonchev–Trinajstić information content (AvgIpc) is 2.25. The second kappa shape index (κ2) is 6.76. The van der Waals surface area contributed by atoms with Crippen molar-refractivity contribution in [3.63, 3.8) is 0 Å². The molecule has 0 bridgehead atoms. The van der Waals surface area contributed by atoms with Gasteiger partial charge in [-0.25, -0.2) is 4.39 Å². The van der Waals surface area contributed by atoms with Crippen LogP contribution < -0.4 is 11.1 Å². The van der Waals surface area contributed by atoms with Crippen LogP contribution in [0.2, 0.25) is 0 Å². The highest BCUT2D eigenvalue weighted by Crippen LogP contribution is 2.21. The van der Waals surface area contributed by atoms with Crippen LogP contribution in [0, 0.1) is 17.1 Å². The number of amides is 1. The van der Waals surface area contributed by atoms with Gasteiger partial charge in [0.15, 0.2) is 0 Å². The van der Waals surface area contributed by atoms with E-state index in [9.17, 15) is 9.18 Å². The van der Waals surface area contributed by atoms with E-state index in [1.807, 2.05) is 6.07 Å². The largest absolute Gasteiger partial charge is 0.399 e. The summed E-state index contributed by atoms with van der Waals surface area (Å²) in [6.07, 6.45) is 0.281. The molecular formula is C11H12FN3OS. The lowest BCUT2D eigenvalue weighted by molar-refractivity contribution is -0.118.